The molecule has 98 valence electrons. The van der Waals surface area contributed by atoms with Crippen LogP contribution in [-0.4, -0.2) is 15.0 Å². The minimum atomic E-state index is -0.0246. The summed E-state index contributed by atoms with van der Waals surface area (Å²) in [6.45, 7) is 0. The van der Waals surface area contributed by atoms with Crippen molar-refractivity contribution in [3.05, 3.63) is 84.7 Å². The van der Waals surface area contributed by atoms with E-state index in [2.05, 4.69) is 32.4 Å². The van der Waals surface area contributed by atoms with Crippen molar-refractivity contribution in [2.45, 2.75) is 6.04 Å². The van der Waals surface area contributed by atoms with Gasteiger partial charge < -0.3 is 5.32 Å². The van der Waals surface area contributed by atoms with Gasteiger partial charge in [-0.15, -0.1) is 0 Å². The number of hydrogen-bond acceptors (Lipinski definition) is 4. The fraction of sp³-hybridized carbons (Fsp3) is 0.0625. The lowest BCUT2D eigenvalue weighted by atomic mass is 10.0. The number of aromatic nitrogens is 3. The van der Waals surface area contributed by atoms with Gasteiger partial charge in [0.05, 0.1) is 29.8 Å². The molecule has 1 N–H and O–H groups in total. The maximum atomic E-state index is 4.45. The first-order valence-electron chi connectivity index (χ1n) is 6.41. The first kappa shape index (κ1) is 12.3. The largest absolute Gasteiger partial charge is 0.370 e. The third-order valence-electron chi connectivity index (χ3n) is 2.99. The molecule has 1 atom stereocenters. The molecule has 1 aromatic carbocycles. The molecule has 0 aliphatic heterocycles. The van der Waals surface area contributed by atoms with Crippen molar-refractivity contribution in [2.24, 2.45) is 0 Å². The third-order valence-corrected chi connectivity index (χ3v) is 2.99. The van der Waals surface area contributed by atoms with Gasteiger partial charge in [0.25, 0.3) is 0 Å². The summed E-state index contributed by atoms with van der Waals surface area (Å²) < 4.78 is 0. The highest BCUT2D eigenvalue weighted by atomic mass is 15.0. The number of anilines is 1. The van der Waals surface area contributed by atoms with Crippen molar-refractivity contribution in [3.8, 4) is 0 Å². The number of rotatable bonds is 4. The second kappa shape index (κ2) is 5.93. The number of benzene rings is 1. The predicted molar refractivity (Wildman–Crippen MR) is 78.2 cm³/mol. The number of pyridine rings is 1. The topological polar surface area (TPSA) is 50.7 Å². The van der Waals surface area contributed by atoms with E-state index in [1.807, 2.05) is 36.4 Å². The standard InChI is InChI=1S/C16H14N4/c1-2-6-13(7-3-1)16(15-8-4-5-9-19-15)20-14-10-17-12-18-11-14/h1-12,16,20H. The summed E-state index contributed by atoms with van der Waals surface area (Å²) in [5.41, 5.74) is 2.98. The van der Waals surface area contributed by atoms with Crippen LogP contribution in [0.15, 0.2) is 73.4 Å². The van der Waals surface area contributed by atoms with Crippen molar-refractivity contribution in [1.29, 1.82) is 0 Å². The minimum absolute atomic E-state index is 0.0246. The summed E-state index contributed by atoms with van der Waals surface area (Å²) in [4.78, 5) is 12.5. The predicted octanol–water partition coefficient (Wildman–Crippen LogP) is 3.07. The lowest BCUT2D eigenvalue weighted by Crippen LogP contribution is -2.13. The van der Waals surface area contributed by atoms with Crippen LogP contribution in [0.2, 0.25) is 0 Å². The Hall–Kier alpha value is -2.75. The van der Waals surface area contributed by atoms with Crippen molar-refractivity contribution < 1.29 is 0 Å². The smallest absolute Gasteiger partial charge is 0.115 e. The van der Waals surface area contributed by atoms with E-state index in [4.69, 9.17) is 0 Å². The maximum absolute atomic E-state index is 4.45. The minimum Gasteiger partial charge on any atom is -0.370 e. The van der Waals surface area contributed by atoms with Crippen LogP contribution >= 0.6 is 0 Å². The van der Waals surface area contributed by atoms with E-state index in [0.717, 1.165) is 16.9 Å². The molecule has 2 heterocycles. The molecule has 0 aliphatic rings. The monoisotopic (exact) mass is 262 g/mol. The Kier molecular flexibility index (Phi) is 3.64. The van der Waals surface area contributed by atoms with Crippen LogP contribution in [0.3, 0.4) is 0 Å². The fourth-order valence-electron chi connectivity index (χ4n) is 2.06. The molecule has 1 unspecified atom stereocenters. The molecule has 0 saturated heterocycles. The average Bonchev–Trinajstić information content (AvgIpc) is 2.55. The zero-order valence-electron chi connectivity index (χ0n) is 10.8. The Morgan fingerprint density at radius 1 is 0.850 bits per heavy atom. The molecule has 0 fully saturated rings. The highest BCUT2D eigenvalue weighted by molar-refractivity contribution is 5.44. The van der Waals surface area contributed by atoms with E-state index in [-0.39, 0.29) is 6.04 Å². The summed E-state index contributed by atoms with van der Waals surface area (Å²) in [7, 11) is 0. The van der Waals surface area contributed by atoms with Gasteiger partial charge >= 0.3 is 0 Å². The fourth-order valence-corrected chi connectivity index (χ4v) is 2.06. The van der Waals surface area contributed by atoms with Gasteiger partial charge in [-0.05, 0) is 17.7 Å². The highest BCUT2D eigenvalue weighted by Crippen LogP contribution is 2.24. The average molecular weight is 262 g/mol. The van der Waals surface area contributed by atoms with E-state index in [1.54, 1.807) is 18.6 Å². The van der Waals surface area contributed by atoms with Gasteiger partial charge in [-0.25, -0.2) is 9.97 Å². The van der Waals surface area contributed by atoms with E-state index >= 15 is 0 Å². The third kappa shape index (κ3) is 2.80. The molecular formula is C16H14N4. The summed E-state index contributed by atoms with van der Waals surface area (Å²) in [5, 5.41) is 3.42. The van der Waals surface area contributed by atoms with E-state index < -0.39 is 0 Å². The van der Waals surface area contributed by atoms with Crippen LogP contribution in [0.1, 0.15) is 17.3 Å². The van der Waals surface area contributed by atoms with Crippen molar-refractivity contribution >= 4 is 5.69 Å². The van der Waals surface area contributed by atoms with Gasteiger partial charge in [0, 0.05) is 6.20 Å². The summed E-state index contributed by atoms with van der Waals surface area (Å²) in [5.74, 6) is 0. The molecule has 20 heavy (non-hydrogen) atoms. The van der Waals surface area contributed by atoms with Gasteiger partial charge in [-0.2, -0.15) is 0 Å². The lowest BCUT2D eigenvalue weighted by molar-refractivity contribution is 0.882. The number of nitrogens with zero attached hydrogens (tertiary/aromatic N) is 3. The Morgan fingerprint density at radius 3 is 2.30 bits per heavy atom. The van der Waals surface area contributed by atoms with Crippen molar-refractivity contribution in [3.63, 3.8) is 0 Å². The molecule has 3 aromatic rings. The molecule has 4 nitrogen and oxygen atoms in total. The Morgan fingerprint density at radius 2 is 1.60 bits per heavy atom. The summed E-state index contributed by atoms with van der Waals surface area (Å²) >= 11 is 0. The molecule has 0 bridgehead atoms. The first-order valence-corrected chi connectivity index (χ1v) is 6.41. The molecule has 0 aliphatic carbocycles. The van der Waals surface area contributed by atoms with Gasteiger partial charge in [0.15, 0.2) is 0 Å². The molecule has 0 amide bonds. The number of hydrogen-bond donors (Lipinski definition) is 1. The maximum Gasteiger partial charge on any atom is 0.115 e. The van der Waals surface area contributed by atoms with Crippen LogP contribution in [0.25, 0.3) is 0 Å². The quantitative estimate of drug-likeness (QED) is 0.785. The SMILES string of the molecule is c1ccc(C(Nc2cncnc2)c2ccccn2)cc1. The molecular weight excluding hydrogens is 248 g/mol. The van der Waals surface area contributed by atoms with Crippen LogP contribution in [0.4, 0.5) is 5.69 Å². The molecule has 0 saturated carbocycles. The zero-order chi connectivity index (χ0) is 13.6. The van der Waals surface area contributed by atoms with Gasteiger partial charge in [-0.3, -0.25) is 4.98 Å². The molecule has 0 radical (unpaired) electrons. The number of nitrogens with one attached hydrogen (secondary N) is 1. The Bertz CT molecular complexity index is 602. The van der Waals surface area contributed by atoms with Crippen LogP contribution in [-0.2, 0) is 0 Å². The zero-order valence-corrected chi connectivity index (χ0v) is 10.8. The highest BCUT2D eigenvalue weighted by Gasteiger charge is 2.14. The molecule has 4 heteroatoms. The van der Waals surface area contributed by atoms with Crippen LogP contribution in [0.5, 0.6) is 0 Å². The Labute approximate surface area is 117 Å². The lowest BCUT2D eigenvalue weighted by Gasteiger charge is -2.19. The van der Waals surface area contributed by atoms with E-state index in [0.29, 0.717) is 0 Å². The van der Waals surface area contributed by atoms with Crippen molar-refractivity contribution in [1.82, 2.24) is 15.0 Å². The first-order chi connectivity index (χ1) is 9.93. The Balaban J connectivity index is 1.96. The van der Waals surface area contributed by atoms with Crippen LogP contribution in [0, 0.1) is 0 Å². The van der Waals surface area contributed by atoms with E-state index in [9.17, 15) is 0 Å². The second-order valence-corrected chi connectivity index (χ2v) is 4.37. The second-order valence-electron chi connectivity index (χ2n) is 4.37. The summed E-state index contributed by atoms with van der Waals surface area (Å²) in [6, 6.07) is 16.1. The van der Waals surface area contributed by atoms with Gasteiger partial charge in [0.1, 0.15) is 6.33 Å². The molecule has 0 spiro atoms. The van der Waals surface area contributed by atoms with Crippen molar-refractivity contribution in [2.75, 3.05) is 5.32 Å². The molecule has 3 rings (SSSR count). The normalized spacial score (nSPS) is 11.8. The van der Waals surface area contributed by atoms with Crippen LogP contribution < -0.4 is 5.32 Å². The van der Waals surface area contributed by atoms with Gasteiger partial charge in [-0.1, -0.05) is 36.4 Å². The molecule has 2 aromatic heterocycles. The van der Waals surface area contributed by atoms with E-state index in [1.165, 1.54) is 6.33 Å². The van der Waals surface area contributed by atoms with Gasteiger partial charge in [0.2, 0.25) is 0 Å². The summed E-state index contributed by atoms with van der Waals surface area (Å²) in [6.07, 6.45) is 6.83.